The lowest BCUT2D eigenvalue weighted by atomic mass is 10.0. The maximum atomic E-state index is 5.73. The van der Waals surface area contributed by atoms with Crippen molar-refractivity contribution < 1.29 is 9.47 Å². The van der Waals surface area contributed by atoms with Crippen molar-refractivity contribution in [3.8, 4) is 0 Å². The van der Waals surface area contributed by atoms with Crippen LogP contribution < -0.4 is 10.6 Å². The largest absolute Gasteiger partial charge is 0.379 e. The summed E-state index contributed by atoms with van der Waals surface area (Å²) >= 11 is 0. The molecule has 30 heavy (non-hydrogen) atoms. The van der Waals surface area contributed by atoms with Crippen LogP contribution in [0.3, 0.4) is 0 Å². The molecular weight excluding hydrogens is 376 g/mol. The normalized spacial score (nSPS) is 22.9. The molecule has 2 N–H and O–H groups in total. The predicted molar refractivity (Wildman–Crippen MR) is 123 cm³/mol. The van der Waals surface area contributed by atoms with E-state index in [4.69, 9.17) is 9.47 Å². The van der Waals surface area contributed by atoms with Crippen LogP contribution in [-0.4, -0.2) is 63.0 Å². The van der Waals surface area contributed by atoms with E-state index in [1.807, 2.05) is 7.05 Å². The number of rotatable bonds is 10. The highest BCUT2D eigenvalue weighted by Gasteiger charge is 2.19. The highest BCUT2D eigenvalue weighted by atomic mass is 16.5. The minimum atomic E-state index is 0.306. The van der Waals surface area contributed by atoms with E-state index in [-0.39, 0.29) is 0 Å². The molecule has 0 spiro atoms. The van der Waals surface area contributed by atoms with Crippen LogP contribution in [0.1, 0.15) is 56.6 Å². The predicted octanol–water partition coefficient (Wildman–Crippen LogP) is 3.31. The lowest BCUT2D eigenvalue weighted by Gasteiger charge is -2.33. The van der Waals surface area contributed by atoms with Crippen molar-refractivity contribution in [3.63, 3.8) is 0 Å². The number of ether oxygens (including phenoxy) is 2. The van der Waals surface area contributed by atoms with E-state index in [0.717, 1.165) is 64.7 Å². The number of guanidine groups is 1. The van der Waals surface area contributed by atoms with Crippen molar-refractivity contribution in [2.75, 3.05) is 40.0 Å². The Kier molecular flexibility index (Phi) is 9.93. The molecule has 0 aliphatic carbocycles. The topological polar surface area (TPSA) is 58.1 Å². The van der Waals surface area contributed by atoms with E-state index < -0.39 is 0 Å². The van der Waals surface area contributed by atoms with Crippen LogP contribution in [0.4, 0.5) is 0 Å². The average molecular weight is 417 g/mol. The Morgan fingerprint density at radius 1 is 1.17 bits per heavy atom. The summed E-state index contributed by atoms with van der Waals surface area (Å²) in [5.74, 6) is 0.843. The number of benzene rings is 1. The summed E-state index contributed by atoms with van der Waals surface area (Å²) in [4.78, 5) is 6.98. The molecule has 6 heteroatoms. The first kappa shape index (κ1) is 23.0. The van der Waals surface area contributed by atoms with E-state index in [1.165, 1.54) is 36.9 Å². The van der Waals surface area contributed by atoms with Gasteiger partial charge in [0.25, 0.3) is 0 Å². The van der Waals surface area contributed by atoms with Gasteiger partial charge in [0.1, 0.15) is 0 Å². The van der Waals surface area contributed by atoms with E-state index in [1.54, 1.807) is 0 Å². The number of piperidine rings is 1. The number of likely N-dealkylation sites (tertiary alicyclic amines) is 1. The Bertz CT molecular complexity index is 646. The maximum Gasteiger partial charge on any atom is 0.191 e. The van der Waals surface area contributed by atoms with Crippen LogP contribution >= 0.6 is 0 Å². The van der Waals surface area contributed by atoms with Crippen molar-refractivity contribution in [3.05, 3.63) is 35.4 Å². The molecule has 3 rings (SSSR count). The van der Waals surface area contributed by atoms with Crippen molar-refractivity contribution in [2.45, 2.75) is 70.7 Å². The van der Waals surface area contributed by atoms with Gasteiger partial charge in [0, 0.05) is 45.9 Å². The molecule has 0 amide bonds. The Morgan fingerprint density at radius 2 is 2.03 bits per heavy atom. The third kappa shape index (κ3) is 7.56. The summed E-state index contributed by atoms with van der Waals surface area (Å²) in [6, 6.07) is 9.44. The molecule has 0 radical (unpaired) electrons. The van der Waals surface area contributed by atoms with Gasteiger partial charge in [-0.25, -0.2) is 0 Å². The molecule has 6 nitrogen and oxygen atoms in total. The molecule has 0 bridgehead atoms. The van der Waals surface area contributed by atoms with Gasteiger partial charge in [-0.3, -0.25) is 9.89 Å². The standard InChI is InChI=1S/C24H40N4O2/c1-20-9-5-6-14-28(20)18-22-11-4-3-10-21(22)17-27-24(25-2)26-13-8-15-29-19-23-12-7-16-30-23/h3-4,10-11,20,23H,5-9,12-19H2,1-2H3,(H2,25,26,27). The number of nitrogens with one attached hydrogen (secondary N) is 2. The zero-order valence-electron chi connectivity index (χ0n) is 18.9. The third-order valence-corrected chi connectivity index (χ3v) is 6.19. The summed E-state index contributed by atoms with van der Waals surface area (Å²) in [7, 11) is 1.82. The molecule has 168 valence electrons. The van der Waals surface area contributed by atoms with Crippen molar-refractivity contribution >= 4 is 5.96 Å². The van der Waals surface area contributed by atoms with Crippen molar-refractivity contribution in [1.29, 1.82) is 0 Å². The first-order chi connectivity index (χ1) is 14.8. The highest BCUT2D eigenvalue weighted by Crippen LogP contribution is 2.20. The second-order valence-corrected chi connectivity index (χ2v) is 8.50. The van der Waals surface area contributed by atoms with Gasteiger partial charge in [0.15, 0.2) is 5.96 Å². The minimum Gasteiger partial charge on any atom is -0.379 e. The number of nitrogens with zero attached hydrogens (tertiary/aromatic N) is 2. The molecule has 2 heterocycles. The molecule has 2 atom stereocenters. The van der Waals surface area contributed by atoms with Crippen molar-refractivity contribution in [2.24, 2.45) is 4.99 Å². The van der Waals surface area contributed by atoms with E-state index in [2.05, 4.69) is 51.7 Å². The van der Waals surface area contributed by atoms with Crippen LogP contribution in [0.2, 0.25) is 0 Å². The van der Waals surface area contributed by atoms with Gasteiger partial charge in [0.2, 0.25) is 0 Å². The van der Waals surface area contributed by atoms with Gasteiger partial charge in [-0.1, -0.05) is 30.7 Å². The molecule has 2 fully saturated rings. The van der Waals surface area contributed by atoms with Crippen molar-refractivity contribution in [1.82, 2.24) is 15.5 Å². The molecule has 2 aliphatic heterocycles. The third-order valence-electron chi connectivity index (χ3n) is 6.19. The maximum absolute atomic E-state index is 5.73. The average Bonchev–Trinajstić information content (AvgIpc) is 3.29. The summed E-state index contributed by atoms with van der Waals surface area (Å²) in [6.45, 7) is 8.59. The van der Waals surface area contributed by atoms with E-state index in [9.17, 15) is 0 Å². The van der Waals surface area contributed by atoms with Gasteiger partial charge < -0.3 is 20.1 Å². The second-order valence-electron chi connectivity index (χ2n) is 8.50. The van der Waals surface area contributed by atoms with Gasteiger partial charge in [-0.15, -0.1) is 0 Å². The van der Waals surface area contributed by atoms with E-state index >= 15 is 0 Å². The van der Waals surface area contributed by atoms with Gasteiger partial charge in [0.05, 0.1) is 12.7 Å². The second kappa shape index (κ2) is 12.9. The molecule has 2 unspecified atom stereocenters. The summed E-state index contributed by atoms with van der Waals surface area (Å²) < 4.78 is 11.3. The molecule has 1 aromatic rings. The zero-order chi connectivity index (χ0) is 21.0. The molecule has 0 aromatic heterocycles. The zero-order valence-corrected chi connectivity index (χ0v) is 18.9. The van der Waals surface area contributed by atoms with Crippen LogP contribution in [0.5, 0.6) is 0 Å². The first-order valence-corrected chi connectivity index (χ1v) is 11.7. The fourth-order valence-electron chi connectivity index (χ4n) is 4.27. The summed E-state index contributed by atoms with van der Waals surface area (Å²) in [6.07, 6.45) is 7.55. The summed E-state index contributed by atoms with van der Waals surface area (Å²) in [5.41, 5.74) is 2.76. The van der Waals surface area contributed by atoms with Crippen LogP contribution in [0.15, 0.2) is 29.3 Å². The van der Waals surface area contributed by atoms with E-state index in [0.29, 0.717) is 12.1 Å². The number of hydrogen-bond acceptors (Lipinski definition) is 4. The SMILES string of the molecule is CN=C(NCCCOCC1CCCO1)NCc1ccccc1CN1CCCCC1C. The Hall–Kier alpha value is -1.63. The van der Waals surface area contributed by atoms with Crippen LogP contribution in [0, 0.1) is 0 Å². The van der Waals surface area contributed by atoms with Gasteiger partial charge >= 0.3 is 0 Å². The van der Waals surface area contributed by atoms with Gasteiger partial charge in [-0.05, 0) is 56.7 Å². The first-order valence-electron chi connectivity index (χ1n) is 11.7. The fourth-order valence-corrected chi connectivity index (χ4v) is 4.27. The quantitative estimate of drug-likeness (QED) is 0.348. The molecule has 2 saturated heterocycles. The van der Waals surface area contributed by atoms with Crippen LogP contribution in [-0.2, 0) is 22.6 Å². The highest BCUT2D eigenvalue weighted by molar-refractivity contribution is 5.79. The number of hydrogen-bond donors (Lipinski definition) is 2. The van der Waals surface area contributed by atoms with Crippen LogP contribution in [0.25, 0.3) is 0 Å². The Labute approximate surface area is 182 Å². The van der Waals surface area contributed by atoms with Gasteiger partial charge in [-0.2, -0.15) is 0 Å². The summed E-state index contributed by atoms with van der Waals surface area (Å²) in [5, 5.41) is 6.86. The molecule has 1 aromatic carbocycles. The minimum absolute atomic E-state index is 0.306. The molecule has 0 saturated carbocycles. The molecule has 2 aliphatic rings. The lowest BCUT2D eigenvalue weighted by Crippen LogP contribution is -2.39. The molecular formula is C24H40N4O2. The number of aliphatic imine (C=N–C) groups is 1. The Balaban J connectivity index is 1.37. The monoisotopic (exact) mass is 416 g/mol. The fraction of sp³-hybridized carbons (Fsp3) is 0.708. The lowest BCUT2D eigenvalue weighted by molar-refractivity contribution is 0.0168. The smallest absolute Gasteiger partial charge is 0.191 e. The Morgan fingerprint density at radius 3 is 2.80 bits per heavy atom.